The monoisotopic (exact) mass is 296 g/mol. The second-order valence-electron chi connectivity index (χ2n) is 3.10. The van der Waals surface area contributed by atoms with Crippen LogP contribution >= 0.6 is 15.9 Å². The average molecular weight is 297 g/mol. The molecule has 1 heterocycles. The fourth-order valence-corrected chi connectivity index (χ4v) is 1.54. The van der Waals surface area contributed by atoms with E-state index in [0.717, 1.165) is 4.47 Å². The first-order chi connectivity index (χ1) is 8.25. The van der Waals surface area contributed by atoms with Gasteiger partial charge in [-0.25, -0.2) is 5.10 Å². The Bertz CT molecular complexity index is 501. The molecular formula is C10H9BrN4O2. The summed E-state index contributed by atoms with van der Waals surface area (Å²) in [6.07, 6.45) is 1.31. The first kappa shape index (κ1) is 11.6. The minimum absolute atomic E-state index is 0.0939. The zero-order valence-corrected chi connectivity index (χ0v) is 10.3. The average Bonchev–Trinajstić information content (AvgIpc) is 2.81. The third kappa shape index (κ3) is 3.28. The van der Waals surface area contributed by atoms with E-state index in [1.54, 1.807) is 6.07 Å². The minimum Gasteiger partial charge on any atom is -0.483 e. The molecule has 0 aliphatic rings. The Morgan fingerprint density at radius 2 is 2.29 bits per heavy atom. The molecule has 0 saturated carbocycles. The number of hydrogen-bond donors (Lipinski definition) is 2. The predicted molar refractivity (Wildman–Crippen MR) is 64.6 cm³/mol. The van der Waals surface area contributed by atoms with Gasteiger partial charge in [0, 0.05) is 0 Å². The lowest BCUT2D eigenvalue weighted by Gasteiger charge is -2.06. The number of rotatable bonds is 4. The number of ether oxygens (including phenoxy) is 1. The van der Waals surface area contributed by atoms with E-state index < -0.39 is 0 Å². The molecular weight excluding hydrogens is 288 g/mol. The smallest absolute Gasteiger partial charge is 0.264 e. The van der Waals surface area contributed by atoms with Gasteiger partial charge in [0.15, 0.2) is 6.61 Å². The van der Waals surface area contributed by atoms with Gasteiger partial charge in [-0.1, -0.05) is 12.1 Å². The highest BCUT2D eigenvalue weighted by molar-refractivity contribution is 9.10. The number of anilines is 1. The zero-order valence-electron chi connectivity index (χ0n) is 8.68. The van der Waals surface area contributed by atoms with Crippen molar-refractivity contribution in [3.63, 3.8) is 0 Å². The van der Waals surface area contributed by atoms with Crippen molar-refractivity contribution in [1.29, 1.82) is 0 Å². The Labute approximate surface area is 106 Å². The normalized spacial score (nSPS) is 9.94. The van der Waals surface area contributed by atoms with Crippen LogP contribution in [0.4, 0.5) is 5.95 Å². The van der Waals surface area contributed by atoms with Crippen molar-refractivity contribution in [2.24, 2.45) is 0 Å². The molecule has 0 bridgehead atoms. The fraction of sp³-hybridized carbons (Fsp3) is 0.100. The first-order valence-corrected chi connectivity index (χ1v) is 5.57. The van der Waals surface area contributed by atoms with Gasteiger partial charge in [0.1, 0.15) is 12.1 Å². The van der Waals surface area contributed by atoms with Gasteiger partial charge >= 0.3 is 0 Å². The van der Waals surface area contributed by atoms with Crippen molar-refractivity contribution in [1.82, 2.24) is 15.2 Å². The van der Waals surface area contributed by atoms with Gasteiger partial charge in [-0.2, -0.15) is 10.1 Å². The van der Waals surface area contributed by atoms with Crippen LogP contribution in [0.15, 0.2) is 35.1 Å². The van der Waals surface area contributed by atoms with Gasteiger partial charge in [-0.3, -0.25) is 10.1 Å². The summed E-state index contributed by atoms with van der Waals surface area (Å²) in [6.45, 7) is -0.0939. The summed E-state index contributed by atoms with van der Waals surface area (Å²) < 4.78 is 6.12. The number of aromatic nitrogens is 3. The van der Waals surface area contributed by atoms with Crippen LogP contribution < -0.4 is 10.1 Å². The second-order valence-corrected chi connectivity index (χ2v) is 3.96. The summed E-state index contributed by atoms with van der Waals surface area (Å²) in [5.41, 5.74) is 0. The van der Waals surface area contributed by atoms with E-state index in [4.69, 9.17) is 4.74 Å². The summed E-state index contributed by atoms with van der Waals surface area (Å²) in [5, 5.41) is 8.63. The lowest BCUT2D eigenvalue weighted by atomic mass is 10.3. The minimum atomic E-state index is -0.308. The summed E-state index contributed by atoms with van der Waals surface area (Å²) in [4.78, 5) is 15.2. The molecule has 2 aromatic rings. The molecule has 0 atom stereocenters. The number of carbonyl (C=O) groups is 1. The van der Waals surface area contributed by atoms with Crippen LogP contribution in [0, 0.1) is 0 Å². The van der Waals surface area contributed by atoms with Gasteiger partial charge in [-0.05, 0) is 28.1 Å². The van der Waals surface area contributed by atoms with E-state index in [2.05, 4.69) is 36.4 Å². The molecule has 0 aliphatic carbocycles. The maximum Gasteiger partial charge on any atom is 0.264 e. The van der Waals surface area contributed by atoms with Crippen LogP contribution in [-0.2, 0) is 4.79 Å². The predicted octanol–water partition coefficient (Wildman–Crippen LogP) is 1.58. The maximum absolute atomic E-state index is 11.5. The number of amides is 1. The number of benzene rings is 1. The van der Waals surface area contributed by atoms with Crippen LogP contribution in [0.25, 0.3) is 0 Å². The highest BCUT2D eigenvalue weighted by Crippen LogP contribution is 2.23. The Balaban J connectivity index is 1.86. The van der Waals surface area contributed by atoms with Crippen molar-refractivity contribution in [2.45, 2.75) is 0 Å². The molecule has 0 spiro atoms. The molecule has 0 saturated heterocycles. The number of nitrogens with one attached hydrogen (secondary N) is 2. The molecule has 6 nitrogen and oxygen atoms in total. The second kappa shape index (κ2) is 5.44. The van der Waals surface area contributed by atoms with Crippen LogP contribution in [0.5, 0.6) is 5.75 Å². The number of carbonyl (C=O) groups excluding carboxylic acids is 1. The van der Waals surface area contributed by atoms with E-state index in [1.165, 1.54) is 6.33 Å². The van der Waals surface area contributed by atoms with Gasteiger partial charge in [0.05, 0.1) is 4.47 Å². The largest absolute Gasteiger partial charge is 0.483 e. The van der Waals surface area contributed by atoms with Crippen molar-refractivity contribution in [3.8, 4) is 5.75 Å². The summed E-state index contributed by atoms with van der Waals surface area (Å²) in [7, 11) is 0. The molecule has 1 amide bonds. The van der Waals surface area contributed by atoms with E-state index in [9.17, 15) is 4.79 Å². The third-order valence-electron chi connectivity index (χ3n) is 1.87. The Morgan fingerprint density at radius 1 is 1.47 bits per heavy atom. The van der Waals surface area contributed by atoms with Gasteiger partial charge in [0.25, 0.3) is 5.91 Å². The molecule has 2 N–H and O–H groups in total. The number of hydrogen-bond acceptors (Lipinski definition) is 4. The lowest BCUT2D eigenvalue weighted by molar-refractivity contribution is -0.118. The van der Waals surface area contributed by atoms with Crippen LogP contribution in [-0.4, -0.2) is 27.7 Å². The Morgan fingerprint density at radius 3 is 3.00 bits per heavy atom. The van der Waals surface area contributed by atoms with Crippen molar-refractivity contribution >= 4 is 27.8 Å². The van der Waals surface area contributed by atoms with Crippen LogP contribution in [0.1, 0.15) is 0 Å². The molecule has 1 aromatic heterocycles. The van der Waals surface area contributed by atoms with Crippen molar-refractivity contribution in [3.05, 3.63) is 35.1 Å². The molecule has 17 heavy (non-hydrogen) atoms. The van der Waals surface area contributed by atoms with Gasteiger partial charge in [0.2, 0.25) is 5.95 Å². The van der Waals surface area contributed by atoms with E-state index in [0.29, 0.717) is 11.7 Å². The molecule has 0 radical (unpaired) electrons. The first-order valence-electron chi connectivity index (χ1n) is 4.78. The molecule has 7 heteroatoms. The van der Waals surface area contributed by atoms with Gasteiger partial charge in [-0.15, -0.1) is 0 Å². The Kier molecular flexibility index (Phi) is 3.71. The molecule has 88 valence electrons. The maximum atomic E-state index is 11.5. The van der Waals surface area contributed by atoms with E-state index >= 15 is 0 Å². The SMILES string of the molecule is O=C(COc1ccccc1Br)Nc1ncn[nH]1. The topological polar surface area (TPSA) is 79.9 Å². The third-order valence-corrected chi connectivity index (χ3v) is 2.52. The van der Waals surface area contributed by atoms with Crippen LogP contribution in [0.2, 0.25) is 0 Å². The molecule has 1 aromatic carbocycles. The zero-order chi connectivity index (χ0) is 12.1. The number of halogens is 1. The van der Waals surface area contributed by atoms with Gasteiger partial charge < -0.3 is 4.74 Å². The summed E-state index contributed by atoms with van der Waals surface area (Å²) >= 11 is 3.32. The van der Waals surface area contributed by atoms with Crippen molar-refractivity contribution in [2.75, 3.05) is 11.9 Å². The summed E-state index contributed by atoms with van der Waals surface area (Å²) in [5.74, 6) is 0.600. The lowest BCUT2D eigenvalue weighted by Crippen LogP contribution is -2.20. The fourth-order valence-electron chi connectivity index (χ4n) is 1.14. The number of para-hydroxylation sites is 1. The molecule has 0 fully saturated rings. The molecule has 0 aliphatic heterocycles. The number of nitrogens with zero attached hydrogens (tertiary/aromatic N) is 2. The van der Waals surface area contributed by atoms with E-state index in [1.807, 2.05) is 18.2 Å². The van der Waals surface area contributed by atoms with Crippen LogP contribution in [0.3, 0.4) is 0 Å². The highest BCUT2D eigenvalue weighted by atomic mass is 79.9. The number of H-pyrrole nitrogens is 1. The Hall–Kier alpha value is -1.89. The van der Waals surface area contributed by atoms with Crippen molar-refractivity contribution < 1.29 is 9.53 Å². The quantitative estimate of drug-likeness (QED) is 0.898. The molecule has 0 unspecified atom stereocenters. The van der Waals surface area contributed by atoms with E-state index in [-0.39, 0.29) is 12.5 Å². The number of aromatic amines is 1. The molecule has 2 rings (SSSR count). The highest BCUT2D eigenvalue weighted by Gasteiger charge is 2.06. The standard InChI is InChI=1S/C10H9BrN4O2/c11-7-3-1-2-4-8(7)17-5-9(16)14-10-12-6-13-15-10/h1-4,6H,5H2,(H2,12,13,14,15,16). The summed E-state index contributed by atoms with van der Waals surface area (Å²) in [6, 6.07) is 7.30.